The summed E-state index contributed by atoms with van der Waals surface area (Å²) in [4.78, 5) is 0. The van der Waals surface area contributed by atoms with E-state index < -0.39 is 0 Å². The Balaban J connectivity index is 2.51. The lowest BCUT2D eigenvalue weighted by molar-refractivity contribution is 0.760. The zero-order chi connectivity index (χ0) is 9.97. The van der Waals surface area contributed by atoms with E-state index in [0.717, 1.165) is 0 Å². The van der Waals surface area contributed by atoms with Gasteiger partial charge < -0.3 is 0 Å². The van der Waals surface area contributed by atoms with E-state index in [1.807, 2.05) is 0 Å². The van der Waals surface area contributed by atoms with Crippen LogP contribution >= 0.6 is 12.8 Å². The van der Waals surface area contributed by atoms with Crippen molar-refractivity contribution in [2.75, 3.05) is 0 Å². The van der Waals surface area contributed by atoms with Gasteiger partial charge in [0, 0.05) is 6.04 Å². The van der Waals surface area contributed by atoms with E-state index in [1.54, 1.807) is 0 Å². The maximum absolute atomic E-state index is 4.07. The van der Waals surface area contributed by atoms with Crippen LogP contribution in [0, 0.1) is 0 Å². The van der Waals surface area contributed by atoms with E-state index >= 15 is 0 Å². The monoisotopic (exact) mass is 203 g/mol. The molecule has 1 atom stereocenters. The molecule has 0 saturated carbocycles. The molecule has 0 bridgehead atoms. The molecule has 0 unspecified atom stereocenters. The van der Waals surface area contributed by atoms with Gasteiger partial charge in [0.25, 0.3) is 0 Å². The molecular formula is C12H13NS. The van der Waals surface area contributed by atoms with E-state index in [-0.39, 0.29) is 6.04 Å². The van der Waals surface area contributed by atoms with Gasteiger partial charge in [0.2, 0.25) is 0 Å². The molecule has 0 aliphatic rings. The van der Waals surface area contributed by atoms with E-state index in [4.69, 9.17) is 0 Å². The quantitative estimate of drug-likeness (QED) is 0.713. The lowest BCUT2D eigenvalue weighted by Crippen LogP contribution is -2.06. The van der Waals surface area contributed by atoms with Crippen LogP contribution in [0.15, 0.2) is 42.5 Å². The van der Waals surface area contributed by atoms with Crippen LogP contribution in [0.4, 0.5) is 0 Å². The van der Waals surface area contributed by atoms with E-state index in [1.165, 1.54) is 16.3 Å². The van der Waals surface area contributed by atoms with E-state index in [0.29, 0.717) is 0 Å². The third-order valence-corrected chi connectivity index (χ3v) is 2.85. The topological polar surface area (TPSA) is 12.0 Å². The van der Waals surface area contributed by atoms with Gasteiger partial charge in [-0.25, -0.2) is 0 Å². The second kappa shape index (κ2) is 4.03. The van der Waals surface area contributed by atoms with Crippen LogP contribution < -0.4 is 4.72 Å². The summed E-state index contributed by atoms with van der Waals surface area (Å²) in [6, 6.07) is 15.1. The van der Waals surface area contributed by atoms with Crippen molar-refractivity contribution in [1.29, 1.82) is 0 Å². The Morgan fingerprint density at radius 2 is 1.79 bits per heavy atom. The number of rotatable bonds is 2. The maximum atomic E-state index is 4.07. The molecule has 1 N–H and O–H groups in total. The molecule has 0 heterocycles. The average Bonchev–Trinajstić information content (AvgIpc) is 2.27. The molecule has 0 fully saturated rings. The standard InChI is InChI=1S/C12H13NS/c1-9(13-14)11-7-6-10-4-2-3-5-12(10)8-11/h2-9,13-14H,1H3/t9-/m0/s1. The Bertz CT molecular complexity index is 439. The lowest BCUT2D eigenvalue weighted by atomic mass is 10.0. The molecule has 1 nitrogen and oxygen atoms in total. The predicted octanol–water partition coefficient (Wildman–Crippen LogP) is 3.34. The molecule has 0 radical (unpaired) electrons. The molecule has 2 aromatic rings. The number of hydrogen-bond donors (Lipinski definition) is 2. The first kappa shape index (κ1) is 9.56. The summed E-state index contributed by atoms with van der Waals surface area (Å²) in [5, 5.41) is 2.56. The van der Waals surface area contributed by atoms with Gasteiger partial charge in [-0.15, -0.1) is 0 Å². The molecule has 0 amide bonds. The highest BCUT2D eigenvalue weighted by Gasteiger charge is 2.02. The Hall–Kier alpha value is -0.990. The molecule has 0 aliphatic heterocycles. The molecular weight excluding hydrogens is 190 g/mol. The summed E-state index contributed by atoms with van der Waals surface area (Å²) in [5.41, 5.74) is 1.26. The Kier molecular flexibility index (Phi) is 2.75. The predicted molar refractivity (Wildman–Crippen MR) is 64.5 cm³/mol. The third kappa shape index (κ3) is 1.76. The minimum absolute atomic E-state index is 0.280. The van der Waals surface area contributed by atoms with Crippen LogP contribution in [0.5, 0.6) is 0 Å². The normalized spacial score (nSPS) is 13.0. The van der Waals surface area contributed by atoms with Crippen molar-refractivity contribution >= 4 is 23.6 Å². The number of benzene rings is 2. The summed E-state index contributed by atoms with van der Waals surface area (Å²) in [7, 11) is 0. The fraction of sp³-hybridized carbons (Fsp3) is 0.167. The number of hydrogen-bond acceptors (Lipinski definition) is 2. The SMILES string of the molecule is C[C@H](NS)c1ccc2ccccc2c1. The molecule has 0 aliphatic carbocycles. The number of thiol groups is 1. The molecule has 2 heteroatoms. The highest BCUT2D eigenvalue weighted by Crippen LogP contribution is 2.20. The van der Waals surface area contributed by atoms with Gasteiger partial charge in [-0.05, 0) is 29.3 Å². The van der Waals surface area contributed by atoms with E-state index in [2.05, 4.69) is 66.9 Å². The summed E-state index contributed by atoms with van der Waals surface area (Å²) < 4.78 is 2.94. The Labute approximate surface area is 89.7 Å². The first-order valence-electron chi connectivity index (χ1n) is 4.69. The van der Waals surface area contributed by atoms with Crippen LogP contribution in [0.25, 0.3) is 10.8 Å². The third-order valence-electron chi connectivity index (χ3n) is 2.47. The van der Waals surface area contributed by atoms with Crippen molar-refractivity contribution in [1.82, 2.24) is 4.72 Å². The highest BCUT2D eigenvalue weighted by atomic mass is 32.1. The van der Waals surface area contributed by atoms with Gasteiger partial charge in [0.1, 0.15) is 0 Å². The second-order valence-corrected chi connectivity index (χ2v) is 3.72. The summed E-state index contributed by atoms with van der Waals surface area (Å²) in [6.07, 6.45) is 0. The molecule has 0 aromatic heterocycles. The van der Waals surface area contributed by atoms with Crippen LogP contribution in [-0.2, 0) is 0 Å². The van der Waals surface area contributed by atoms with Crippen molar-refractivity contribution in [3.63, 3.8) is 0 Å². The smallest absolute Gasteiger partial charge is 0.0391 e. The van der Waals surface area contributed by atoms with Gasteiger partial charge >= 0.3 is 0 Å². The number of nitrogens with one attached hydrogen (secondary N) is 1. The summed E-state index contributed by atoms with van der Waals surface area (Å²) >= 11 is 4.07. The Morgan fingerprint density at radius 1 is 1.07 bits per heavy atom. The van der Waals surface area contributed by atoms with Crippen LogP contribution in [0.2, 0.25) is 0 Å². The van der Waals surface area contributed by atoms with Gasteiger partial charge in [0.15, 0.2) is 0 Å². The minimum Gasteiger partial charge on any atom is -0.260 e. The van der Waals surface area contributed by atoms with E-state index in [9.17, 15) is 0 Å². The first-order valence-corrected chi connectivity index (χ1v) is 5.14. The fourth-order valence-electron chi connectivity index (χ4n) is 1.55. The molecule has 72 valence electrons. The fourth-order valence-corrected chi connectivity index (χ4v) is 1.70. The molecule has 0 spiro atoms. The minimum atomic E-state index is 0.280. The van der Waals surface area contributed by atoms with Gasteiger partial charge in [-0.2, -0.15) is 0 Å². The summed E-state index contributed by atoms with van der Waals surface area (Å²) in [5.74, 6) is 0. The largest absolute Gasteiger partial charge is 0.260 e. The zero-order valence-corrected chi connectivity index (χ0v) is 8.96. The number of fused-ring (bicyclic) bond motifs is 1. The Morgan fingerprint density at radius 3 is 2.50 bits per heavy atom. The maximum Gasteiger partial charge on any atom is 0.0391 e. The van der Waals surface area contributed by atoms with Crippen molar-refractivity contribution in [2.24, 2.45) is 0 Å². The van der Waals surface area contributed by atoms with Crippen LogP contribution in [0.1, 0.15) is 18.5 Å². The van der Waals surface area contributed by atoms with Gasteiger partial charge in [-0.1, -0.05) is 49.2 Å². The molecule has 2 rings (SSSR count). The molecule has 0 saturated heterocycles. The first-order chi connectivity index (χ1) is 6.81. The highest BCUT2D eigenvalue weighted by molar-refractivity contribution is 7.78. The van der Waals surface area contributed by atoms with Gasteiger partial charge in [-0.3, -0.25) is 4.72 Å². The average molecular weight is 203 g/mol. The van der Waals surface area contributed by atoms with Crippen molar-refractivity contribution in [3.8, 4) is 0 Å². The second-order valence-electron chi connectivity index (χ2n) is 3.46. The zero-order valence-electron chi connectivity index (χ0n) is 8.07. The van der Waals surface area contributed by atoms with Gasteiger partial charge in [0.05, 0.1) is 0 Å². The van der Waals surface area contributed by atoms with Crippen LogP contribution in [-0.4, -0.2) is 0 Å². The van der Waals surface area contributed by atoms with Crippen molar-refractivity contribution in [2.45, 2.75) is 13.0 Å². The lowest BCUT2D eigenvalue weighted by Gasteiger charge is -2.10. The summed E-state index contributed by atoms with van der Waals surface area (Å²) in [6.45, 7) is 2.09. The van der Waals surface area contributed by atoms with Crippen molar-refractivity contribution in [3.05, 3.63) is 48.0 Å². The van der Waals surface area contributed by atoms with Crippen molar-refractivity contribution < 1.29 is 0 Å². The molecule has 2 aromatic carbocycles. The molecule has 14 heavy (non-hydrogen) atoms. The van der Waals surface area contributed by atoms with Crippen LogP contribution in [0.3, 0.4) is 0 Å².